The summed E-state index contributed by atoms with van der Waals surface area (Å²) in [5, 5.41) is 0. The number of nitrogens with two attached hydrogens (primary N) is 1. The van der Waals surface area contributed by atoms with Gasteiger partial charge in [0, 0.05) is 6.04 Å². The van der Waals surface area contributed by atoms with Crippen LogP contribution in [-0.2, 0) is 0 Å². The van der Waals surface area contributed by atoms with E-state index in [0.29, 0.717) is 0 Å². The second-order valence-electron chi connectivity index (χ2n) is 5.57. The second-order valence-corrected chi connectivity index (χ2v) is 5.57. The average Bonchev–Trinajstić information content (AvgIpc) is 2.29. The third kappa shape index (κ3) is 3.10. The Labute approximate surface area is 110 Å². The molecule has 0 radical (unpaired) electrons. The predicted octanol–water partition coefficient (Wildman–Crippen LogP) is 2.41. The molecule has 3 N–H and O–H groups in total. The molecule has 0 saturated heterocycles. The van der Waals surface area contributed by atoms with Crippen LogP contribution in [0.15, 0.2) is 24.3 Å². The molecule has 18 heavy (non-hydrogen) atoms. The molecule has 3 heteroatoms. The third-order valence-electron chi connectivity index (χ3n) is 3.98. The molecule has 1 fully saturated rings. The highest BCUT2D eigenvalue weighted by atomic mass is 15.2. The normalized spacial score (nSPS) is 17.8. The van der Waals surface area contributed by atoms with Gasteiger partial charge in [0.05, 0.1) is 0 Å². The van der Waals surface area contributed by atoms with E-state index in [1.54, 1.807) is 0 Å². The Morgan fingerprint density at radius 1 is 1.33 bits per heavy atom. The quantitative estimate of drug-likeness (QED) is 0.599. The molecule has 0 aliphatic heterocycles. The Bertz CT molecular complexity index is 372. The van der Waals surface area contributed by atoms with Crippen LogP contribution in [0.1, 0.15) is 48.8 Å². The summed E-state index contributed by atoms with van der Waals surface area (Å²) in [7, 11) is 4.21. The molecule has 0 spiro atoms. The molecule has 1 aromatic carbocycles. The molecule has 1 unspecified atom stereocenters. The molecule has 0 heterocycles. The van der Waals surface area contributed by atoms with E-state index in [-0.39, 0.29) is 6.04 Å². The number of hydrogen-bond donors (Lipinski definition) is 2. The largest absolute Gasteiger partial charge is 0.309 e. The molecule has 1 atom stereocenters. The first-order valence-corrected chi connectivity index (χ1v) is 6.92. The van der Waals surface area contributed by atoms with Crippen LogP contribution in [0.2, 0.25) is 0 Å². The van der Waals surface area contributed by atoms with E-state index in [0.717, 1.165) is 18.9 Å². The maximum atomic E-state index is 5.75. The zero-order valence-electron chi connectivity index (χ0n) is 11.5. The zero-order valence-corrected chi connectivity index (χ0v) is 11.5. The first-order chi connectivity index (χ1) is 8.72. The fourth-order valence-corrected chi connectivity index (χ4v) is 2.64. The van der Waals surface area contributed by atoms with Crippen molar-refractivity contribution in [2.24, 2.45) is 5.84 Å². The molecule has 1 aromatic rings. The molecule has 100 valence electrons. The van der Waals surface area contributed by atoms with Gasteiger partial charge in [-0.2, -0.15) is 0 Å². The number of benzene rings is 1. The van der Waals surface area contributed by atoms with E-state index in [1.165, 1.54) is 30.4 Å². The zero-order chi connectivity index (χ0) is 13.0. The smallest absolute Gasteiger partial charge is 0.0475 e. The maximum Gasteiger partial charge on any atom is 0.0475 e. The number of rotatable bonds is 6. The van der Waals surface area contributed by atoms with Crippen LogP contribution in [0.5, 0.6) is 0 Å². The summed E-state index contributed by atoms with van der Waals surface area (Å²) >= 11 is 0. The Morgan fingerprint density at radius 2 is 2.06 bits per heavy atom. The van der Waals surface area contributed by atoms with Crippen molar-refractivity contribution < 1.29 is 0 Å². The number of nitrogens with zero attached hydrogens (tertiary/aromatic N) is 1. The van der Waals surface area contributed by atoms with Crippen LogP contribution >= 0.6 is 0 Å². The number of hydrazine groups is 1. The highest BCUT2D eigenvalue weighted by Gasteiger charge is 2.24. The Hall–Kier alpha value is -0.900. The fraction of sp³-hybridized carbons (Fsp3) is 0.600. The molecule has 0 aromatic heterocycles. The SMILES string of the molecule is CN(C)CCC(NN)c1ccccc1C1CCC1. The van der Waals surface area contributed by atoms with Crippen molar-refractivity contribution >= 4 is 0 Å². The van der Waals surface area contributed by atoms with Gasteiger partial charge in [-0.25, -0.2) is 0 Å². The standard InChI is InChI=1S/C15H25N3/c1-18(2)11-10-15(17-16)14-9-4-3-8-13(14)12-6-5-7-12/h3-4,8-9,12,15,17H,5-7,10-11,16H2,1-2H3. The Morgan fingerprint density at radius 3 is 2.61 bits per heavy atom. The summed E-state index contributed by atoms with van der Waals surface area (Å²) in [4.78, 5) is 2.20. The van der Waals surface area contributed by atoms with E-state index in [9.17, 15) is 0 Å². The van der Waals surface area contributed by atoms with Gasteiger partial charge in [0.15, 0.2) is 0 Å². The minimum atomic E-state index is 0.268. The van der Waals surface area contributed by atoms with Crippen molar-refractivity contribution in [3.63, 3.8) is 0 Å². The monoisotopic (exact) mass is 247 g/mol. The van der Waals surface area contributed by atoms with Gasteiger partial charge in [0.25, 0.3) is 0 Å². The molecule has 0 amide bonds. The van der Waals surface area contributed by atoms with Crippen LogP contribution in [0.25, 0.3) is 0 Å². The van der Waals surface area contributed by atoms with Gasteiger partial charge in [-0.1, -0.05) is 30.7 Å². The minimum Gasteiger partial charge on any atom is -0.309 e. The molecule has 2 rings (SSSR count). The molecule has 1 aliphatic carbocycles. The van der Waals surface area contributed by atoms with Crippen molar-refractivity contribution in [2.45, 2.75) is 37.6 Å². The van der Waals surface area contributed by atoms with Gasteiger partial charge < -0.3 is 4.90 Å². The van der Waals surface area contributed by atoms with Crippen LogP contribution in [0.4, 0.5) is 0 Å². The highest BCUT2D eigenvalue weighted by Crippen LogP contribution is 2.39. The van der Waals surface area contributed by atoms with Crippen molar-refractivity contribution in [1.82, 2.24) is 10.3 Å². The maximum absolute atomic E-state index is 5.75. The molecular weight excluding hydrogens is 222 g/mol. The van der Waals surface area contributed by atoms with Crippen LogP contribution in [0, 0.1) is 0 Å². The molecule has 0 bridgehead atoms. The van der Waals surface area contributed by atoms with Crippen molar-refractivity contribution in [2.75, 3.05) is 20.6 Å². The number of hydrogen-bond acceptors (Lipinski definition) is 3. The summed E-state index contributed by atoms with van der Waals surface area (Å²) in [6.45, 7) is 1.05. The van der Waals surface area contributed by atoms with Gasteiger partial charge in [-0.3, -0.25) is 11.3 Å². The molecule has 3 nitrogen and oxygen atoms in total. The first-order valence-electron chi connectivity index (χ1n) is 6.92. The van der Waals surface area contributed by atoms with Gasteiger partial charge in [-0.15, -0.1) is 0 Å². The minimum absolute atomic E-state index is 0.268. The third-order valence-corrected chi connectivity index (χ3v) is 3.98. The van der Waals surface area contributed by atoms with Gasteiger partial charge in [0.1, 0.15) is 0 Å². The fourth-order valence-electron chi connectivity index (χ4n) is 2.64. The van der Waals surface area contributed by atoms with Crippen LogP contribution in [0.3, 0.4) is 0 Å². The molecule has 1 saturated carbocycles. The summed E-state index contributed by atoms with van der Waals surface area (Å²) in [6, 6.07) is 9.05. The summed E-state index contributed by atoms with van der Waals surface area (Å²) in [5.41, 5.74) is 5.89. The van der Waals surface area contributed by atoms with E-state index >= 15 is 0 Å². The number of nitrogens with one attached hydrogen (secondary N) is 1. The van der Waals surface area contributed by atoms with Crippen molar-refractivity contribution in [3.8, 4) is 0 Å². The van der Waals surface area contributed by atoms with E-state index in [2.05, 4.69) is 48.7 Å². The highest BCUT2D eigenvalue weighted by molar-refractivity contribution is 5.34. The lowest BCUT2D eigenvalue weighted by molar-refractivity contribution is 0.357. The van der Waals surface area contributed by atoms with Crippen molar-refractivity contribution in [1.29, 1.82) is 0 Å². The lowest BCUT2D eigenvalue weighted by Crippen LogP contribution is -2.32. The first kappa shape index (κ1) is 13.5. The average molecular weight is 247 g/mol. The second kappa shape index (κ2) is 6.32. The van der Waals surface area contributed by atoms with E-state index in [4.69, 9.17) is 5.84 Å². The lowest BCUT2D eigenvalue weighted by atomic mass is 9.77. The van der Waals surface area contributed by atoms with Gasteiger partial charge in [-0.05, 0) is 56.9 Å². The van der Waals surface area contributed by atoms with Crippen LogP contribution in [-0.4, -0.2) is 25.5 Å². The lowest BCUT2D eigenvalue weighted by Gasteiger charge is -2.30. The molecule has 1 aliphatic rings. The topological polar surface area (TPSA) is 41.3 Å². The predicted molar refractivity (Wildman–Crippen MR) is 76.3 cm³/mol. The summed E-state index contributed by atoms with van der Waals surface area (Å²) in [5.74, 6) is 6.51. The summed E-state index contributed by atoms with van der Waals surface area (Å²) < 4.78 is 0. The van der Waals surface area contributed by atoms with Gasteiger partial charge in [0.2, 0.25) is 0 Å². The Kier molecular flexibility index (Phi) is 4.75. The van der Waals surface area contributed by atoms with E-state index in [1.807, 2.05) is 0 Å². The Balaban J connectivity index is 2.13. The molecular formula is C15H25N3. The van der Waals surface area contributed by atoms with E-state index < -0.39 is 0 Å². The van der Waals surface area contributed by atoms with Crippen molar-refractivity contribution in [3.05, 3.63) is 35.4 Å². The van der Waals surface area contributed by atoms with Crippen LogP contribution < -0.4 is 11.3 Å². The van der Waals surface area contributed by atoms with Gasteiger partial charge >= 0.3 is 0 Å². The summed E-state index contributed by atoms with van der Waals surface area (Å²) in [6.07, 6.45) is 5.09.